The highest BCUT2D eigenvalue weighted by Crippen LogP contribution is 2.27. The zero-order valence-electron chi connectivity index (χ0n) is 9.15. The van der Waals surface area contributed by atoms with E-state index in [1.165, 1.54) is 10.9 Å². The molecule has 2 aromatic rings. The van der Waals surface area contributed by atoms with Crippen LogP contribution >= 0.6 is 0 Å². The predicted octanol–water partition coefficient (Wildman–Crippen LogP) is 2.82. The first kappa shape index (κ1) is 12.2. The van der Waals surface area contributed by atoms with E-state index < -0.39 is 11.9 Å². The van der Waals surface area contributed by atoms with Crippen LogP contribution in [0.4, 0.5) is 13.2 Å². The molecule has 0 spiro atoms. The quantitative estimate of drug-likeness (QED) is 0.823. The van der Waals surface area contributed by atoms with Crippen LogP contribution in [0.25, 0.3) is 0 Å². The lowest BCUT2D eigenvalue weighted by atomic mass is 10.1. The summed E-state index contributed by atoms with van der Waals surface area (Å²) in [4.78, 5) is 0. The van der Waals surface area contributed by atoms with E-state index in [0.717, 1.165) is 11.6 Å². The second-order valence-corrected chi connectivity index (χ2v) is 3.71. The Balaban J connectivity index is 2.14. The van der Waals surface area contributed by atoms with Crippen LogP contribution in [0.2, 0.25) is 0 Å². The van der Waals surface area contributed by atoms with Gasteiger partial charge in [-0.2, -0.15) is 23.5 Å². The molecule has 6 heteroatoms. The Labute approximate surface area is 101 Å². The van der Waals surface area contributed by atoms with Crippen molar-refractivity contribution in [2.75, 3.05) is 0 Å². The molecule has 0 atom stereocenters. The molecule has 92 valence electrons. The summed E-state index contributed by atoms with van der Waals surface area (Å²) in [5, 5.41) is 12.1. The van der Waals surface area contributed by atoms with Gasteiger partial charge in [0.25, 0.3) is 0 Å². The molecule has 0 saturated carbocycles. The average molecular weight is 251 g/mol. The maximum absolute atomic E-state index is 12.3. The highest BCUT2D eigenvalue weighted by molar-refractivity contribution is 5.31. The maximum atomic E-state index is 12.3. The maximum Gasteiger partial charge on any atom is 0.435 e. The molecule has 0 aliphatic carbocycles. The average Bonchev–Trinajstić information content (AvgIpc) is 2.78. The Kier molecular flexibility index (Phi) is 3.06. The van der Waals surface area contributed by atoms with Crippen LogP contribution in [0.1, 0.15) is 16.8 Å². The van der Waals surface area contributed by atoms with Gasteiger partial charge in [-0.25, -0.2) is 0 Å². The van der Waals surface area contributed by atoms with Gasteiger partial charge in [0, 0.05) is 6.20 Å². The minimum atomic E-state index is -4.42. The molecule has 1 heterocycles. The van der Waals surface area contributed by atoms with Gasteiger partial charge in [0.15, 0.2) is 5.69 Å². The van der Waals surface area contributed by atoms with E-state index in [1.54, 1.807) is 24.3 Å². The SMILES string of the molecule is N#Cc1ccc(Cn2ccc(C(F)(F)F)n2)cc1. The molecule has 1 aromatic heterocycles. The summed E-state index contributed by atoms with van der Waals surface area (Å²) in [5.74, 6) is 0. The van der Waals surface area contributed by atoms with E-state index in [-0.39, 0.29) is 6.54 Å². The largest absolute Gasteiger partial charge is 0.435 e. The van der Waals surface area contributed by atoms with Crippen molar-refractivity contribution in [1.82, 2.24) is 9.78 Å². The Hall–Kier alpha value is -2.29. The number of halogens is 3. The van der Waals surface area contributed by atoms with Gasteiger partial charge in [0.05, 0.1) is 18.2 Å². The molecule has 2 rings (SSSR count). The molecule has 0 radical (unpaired) electrons. The molecule has 3 nitrogen and oxygen atoms in total. The minimum Gasteiger partial charge on any atom is -0.268 e. The van der Waals surface area contributed by atoms with Gasteiger partial charge in [-0.05, 0) is 23.8 Å². The van der Waals surface area contributed by atoms with Crippen LogP contribution in [0.3, 0.4) is 0 Å². The highest BCUT2D eigenvalue weighted by Gasteiger charge is 2.33. The van der Waals surface area contributed by atoms with Gasteiger partial charge in [0.2, 0.25) is 0 Å². The van der Waals surface area contributed by atoms with Crippen molar-refractivity contribution in [1.29, 1.82) is 5.26 Å². The Morgan fingerprint density at radius 2 is 1.83 bits per heavy atom. The van der Waals surface area contributed by atoms with Crippen LogP contribution < -0.4 is 0 Å². The molecule has 0 aliphatic rings. The van der Waals surface area contributed by atoms with Gasteiger partial charge in [-0.15, -0.1) is 0 Å². The number of nitrogens with zero attached hydrogens (tertiary/aromatic N) is 3. The Morgan fingerprint density at radius 1 is 1.17 bits per heavy atom. The third kappa shape index (κ3) is 2.69. The standard InChI is InChI=1S/C12H8F3N3/c13-12(14,15)11-5-6-18(17-11)8-10-3-1-9(7-16)2-4-10/h1-6H,8H2. The zero-order valence-corrected chi connectivity index (χ0v) is 9.15. The number of benzene rings is 1. The van der Waals surface area contributed by atoms with Crippen LogP contribution in [0, 0.1) is 11.3 Å². The predicted molar refractivity (Wildman–Crippen MR) is 57.5 cm³/mol. The normalized spacial score (nSPS) is 11.2. The zero-order chi connectivity index (χ0) is 13.2. The fraction of sp³-hybridized carbons (Fsp3) is 0.167. The molecule has 18 heavy (non-hydrogen) atoms. The van der Waals surface area contributed by atoms with E-state index in [4.69, 9.17) is 5.26 Å². The molecule has 0 fully saturated rings. The van der Waals surface area contributed by atoms with Crippen LogP contribution in [-0.2, 0) is 12.7 Å². The number of hydrogen-bond acceptors (Lipinski definition) is 2. The summed E-state index contributed by atoms with van der Waals surface area (Å²) in [5.41, 5.74) is 0.386. The molecule has 0 aliphatic heterocycles. The van der Waals surface area contributed by atoms with Gasteiger partial charge in [-0.3, -0.25) is 4.68 Å². The number of aromatic nitrogens is 2. The van der Waals surface area contributed by atoms with E-state index in [2.05, 4.69) is 5.10 Å². The fourth-order valence-corrected chi connectivity index (χ4v) is 1.47. The number of alkyl halides is 3. The molecule has 0 amide bonds. The van der Waals surface area contributed by atoms with Crippen molar-refractivity contribution in [3.8, 4) is 6.07 Å². The second-order valence-electron chi connectivity index (χ2n) is 3.71. The summed E-state index contributed by atoms with van der Waals surface area (Å²) >= 11 is 0. The van der Waals surface area contributed by atoms with E-state index in [9.17, 15) is 13.2 Å². The third-order valence-electron chi connectivity index (χ3n) is 2.36. The summed E-state index contributed by atoms with van der Waals surface area (Å²) in [7, 11) is 0. The monoisotopic (exact) mass is 251 g/mol. The Bertz CT molecular complexity index is 576. The highest BCUT2D eigenvalue weighted by atomic mass is 19.4. The van der Waals surface area contributed by atoms with Gasteiger partial charge in [0.1, 0.15) is 0 Å². The van der Waals surface area contributed by atoms with Crippen molar-refractivity contribution < 1.29 is 13.2 Å². The first-order chi connectivity index (χ1) is 8.49. The molecular weight excluding hydrogens is 243 g/mol. The van der Waals surface area contributed by atoms with Crippen molar-refractivity contribution in [2.45, 2.75) is 12.7 Å². The van der Waals surface area contributed by atoms with Crippen LogP contribution in [0.5, 0.6) is 0 Å². The summed E-state index contributed by atoms with van der Waals surface area (Å²) in [6.07, 6.45) is -3.14. The molecule has 0 bridgehead atoms. The lowest BCUT2D eigenvalue weighted by Gasteiger charge is -2.03. The Morgan fingerprint density at radius 3 is 2.33 bits per heavy atom. The third-order valence-corrected chi connectivity index (χ3v) is 2.36. The summed E-state index contributed by atoms with van der Waals surface area (Å²) < 4.78 is 38.2. The number of rotatable bonds is 2. The van der Waals surface area contributed by atoms with Crippen molar-refractivity contribution >= 4 is 0 Å². The van der Waals surface area contributed by atoms with E-state index in [1.807, 2.05) is 6.07 Å². The van der Waals surface area contributed by atoms with Crippen LogP contribution in [0.15, 0.2) is 36.5 Å². The first-order valence-electron chi connectivity index (χ1n) is 5.09. The molecular formula is C12H8F3N3. The van der Waals surface area contributed by atoms with Crippen LogP contribution in [-0.4, -0.2) is 9.78 Å². The van der Waals surface area contributed by atoms with Crippen molar-refractivity contribution in [3.63, 3.8) is 0 Å². The fourth-order valence-electron chi connectivity index (χ4n) is 1.47. The molecule has 1 aromatic carbocycles. The van der Waals surface area contributed by atoms with Crippen molar-refractivity contribution in [3.05, 3.63) is 53.3 Å². The molecule has 0 unspecified atom stereocenters. The lowest BCUT2D eigenvalue weighted by Crippen LogP contribution is -2.08. The first-order valence-corrected chi connectivity index (χ1v) is 5.09. The van der Waals surface area contributed by atoms with Crippen molar-refractivity contribution in [2.24, 2.45) is 0 Å². The second kappa shape index (κ2) is 4.53. The van der Waals surface area contributed by atoms with E-state index >= 15 is 0 Å². The number of nitriles is 1. The number of hydrogen-bond donors (Lipinski definition) is 0. The molecule has 0 N–H and O–H groups in total. The van der Waals surface area contributed by atoms with Gasteiger partial charge >= 0.3 is 6.18 Å². The smallest absolute Gasteiger partial charge is 0.268 e. The topological polar surface area (TPSA) is 41.6 Å². The molecule has 0 saturated heterocycles. The summed E-state index contributed by atoms with van der Waals surface area (Å²) in [6.45, 7) is 0.238. The van der Waals surface area contributed by atoms with E-state index in [0.29, 0.717) is 5.56 Å². The summed E-state index contributed by atoms with van der Waals surface area (Å²) in [6, 6.07) is 9.51. The van der Waals surface area contributed by atoms with Gasteiger partial charge in [-0.1, -0.05) is 12.1 Å². The minimum absolute atomic E-state index is 0.238. The van der Waals surface area contributed by atoms with Gasteiger partial charge < -0.3 is 0 Å². The lowest BCUT2D eigenvalue weighted by molar-refractivity contribution is -0.141.